The SMILES string of the molecule is CCCCCCCC(=O)Nc1ccc2[nH]c(=O)[nH]c2c1. The van der Waals surface area contributed by atoms with Gasteiger partial charge >= 0.3 is 5.69 Å². The lowest BCUT2D eigenvalue weighted by molar-refractivity contribution is -0.116. The number of aromatic amines is 2. The van der Waals surface area contributed by atoms with Gasteiger partial charge in [0, 0.05) is 12.1 Å². The number of aromatic nitrogens is 2. The van der Waals surface area contributed by atoms with Crippen LogP contribution in [0.25, 0.3) is 11.0 Å². The van der Waals surface area contributed by atoms with E-state index in [1.54, 1.807) is 18.2 Å². The summed E-state index contributed by atoms with van der Waals surface area (Å²) in [4.78, 5) is 28.3. The van der Waals surface area contributed by atoms with Crippen molar-refractivity contribution in [3.8, 4) is 0 Å². The molecule has 1 amide bonds. The van der Waals surface area contributed by atoms with Gasteiger partial charge in [-0.2, -0.15) is 0 Å². The molecular formula is C15H21N3O2. The molecule has 0 radical (unpaired) electrons. The van der Waals surface area contributed by atoms with E-state index in [-0.39, 0.29) is 11.6 Å². The van der Waals surface area contributed by atoms with Crippen LogP contribution in [0.2, 0.25) is 0 Å². The van der Waals surface area contributed by atoms with Crippen molar-refractivity contribution in [3.63, 3.8) is 0 Å². The molecule has 20 heavy (non-hydrogen) atoms. The first-order valence-corrected chi connectivity index (χ1v) is 7.21. The standard InChI is InChI=1S/C15H21N3O2/c1-2-3-4-5-6-7-14(19)16-11-8-9-12-13(10-11)18-15(20)17-12/h8-10H,2-7H2,1H3,(H,16,19)(H2,17,18,20). The van der Waals surface area contributed by atoms with Gasteiger partial charge in [-0.15, -0.1) is 0 Å². The molecule has 0 fully saturated rings. The predicted octanol–water partition coefficient (Wildman–Crippen LogP) is 3.16. The zero-order chi connectivity index (χ0) is 14.4. The van der Waals surface area contributed by atoms with Gasteiger partial charge in [0.2, 0.25) is 5.91 Å². The average molecular weight is 275 g/mol. The van der Waals surface area contributed by atoms with Gasteiger partial charge in [-0.1, -0.05) is 32.6 Å². The molecule has 2 aromatic rings. The summed E-state index contributed by atoms with van der Waals surface area (Å²) >= 11 is 0. The molecule has 1 heterocycles. The summed E-state index contributed by atoms with van der Waals surface area (Å²) in [5.41, 5.74) is 1.93. The smallest absolute Gasteiger partial charge is 0.323 e. The Kier molecular flexibility index (Phi) is 4.98. The molecule has 5 nitrogen and oxygen atoms in total. The lowest BCUT2D eigenvalue weighted by atomic mass is 10.1. The van der Waals surface area contributed by atoms with Crippen LogP contribution in [0.15, 0.2) is 23.0 Å². The number of benzene rings is 1. The van der Waals surface area contributed by atoms with Crippen LogP contribution in [-0.2, 0) is 4.79 Å². The minimum absolute atomic E-state index is 0.0266. The molecule has 0 spiro atoms. The van der Waals surface area contributed by atoms with Gasteiger partial charge in [0.15, 0.2) is 0 Å². The van der Waals surface area contributed by atoms with Crippen LogP contribution in [0.3, 0.4) is 0 Å². The third-order valence-corrected chi connectivity index (χ3v) is 3.31. The van der Waals surface area contributed by atoms with Crippen molar-refractivity contribution in [1.82, 2.24) is 9.97 Å². The largest absolute Gasteiger partial charge is 0.326 e. The van der Waals surface area contributed by atoms with Gasteiger partial charge in [0.05, 0.1) is 11.0 Å². The van der Waals surface area contributed by atoms with Crippen molar-refractivity contribution < 1.29 is 4.79 Å². The number of amides is 1. The van der Waals surface area contributed by atoms with E-state index >= 15 is 0 Å². The number of hydrogen-bond donors (Lipinski definition) is 3. The molecule has 0 bridgehead atoms. The fourth-order valence-electron chi connectivity index (χ4n) is 2.22. The summed E-state index contributed by atoms with van der Waals surface area (Å²) in [6, 6.07) is 5.34. The molecule has 1 aromatic heterocycles. The van der Waals surface area contributed by atoms with Crippen molar-refractivity contribution in [2.45, 2.75) is 45.4 Å². The van der Waals surface area contributed by atoms with E-state index in [4.69, 9.17) is 0 Å². The second-order valence-electron chi connectivity index (χ2n) is 5.05. The summed E-state index contributed by atoms with van der Waals surface area (Å²) in [6.45, 7) is 2.17. The maximum Gasteiger partial charge on any atom is 0.323 e. The Labute approximate surface area is 117 Å². The van der Waals surface area contributed by atoms with Crippen LogP contribution in [0, 0.1) is 0 Å². The number of carbonyl (C=O) groups is 1. The maximum absolute atomic E-state index is 11.8. The number of hydrogen-bond acceptors (Lipinski definition) is 2. The van der Waals surface area contributed by atoms with E-state index in [0.29, 0.717) is 17.6 Å². The molecule has 0 aliphatic heterocycles. The van der Waals surface area contributed by atoms with Gasteiger partial charge in [0.1, 0.15) is 0 Å². The van der Waals surface area contributed by atoms with Crippen molar-refractivity contribution in [2.24, 2.45) is 0 Å². The number of anilines is 1. The third kappa shape index (κ3) is 3.98. The van der Waals surface area contributed by atoms with Crippen molar-refractivity contribution >= 4 is 22.6 Å². The summed E-state index contributed by atoms with van der Waals surface area (Å²) < 4.78 is 0. The van der Waals surface area contributed by atoms with E-state index in [1.165, 1.54) is 19.3 Å². The fourth-order valence-corrected chi connectivity index (χ4v) is 2.22. The van der Waals surface area contributed by atoms with Crippen LogP contribution >= 0.6 is 0 Å². The summed E-state index contributed by atoms with van der Waals surface area (Å²) in [5.74, 6) is 0.0266. The zero-order valence-corrected chi connectivity index (χ0v) is 11.8. The van der Waals surface area contributed by atoms with Crippen LogP contribution in [0.5, 0.6) is 0 Å². The number of H-pyrrole nitrogens is 2. The molecule has 0 aliphatic rings. The Bertz CT molecular complexity index is 627. The molecule has 0 saturated carbocycles. The highest BCUT2D eigenvalue weighted by molar-refractivity contribution is 5.92. The maximum atomic E-state index is 11.8. The van der Waals surface area contributed by atoms with E-state index in [9.17, 15) is 9.59 Å². The predicted molar refractivity (Wildman–Crippen MR) is 80.9 cm³/mol. The summed E-state index contributed by atoms with van der Waals surface area (Å²) in [7, 11) is 0. The minimum atomic E-state index is -0.237. The summed E-state index contributed by atoms with van der Waals surface area (Å²) in [6.07, 6.45) is 6.21. The topological polar surface area (TPSA) is 77.8 Å². The van der Waals surface area contributed by atoms with E-state index in [2.05, 4.69) is 22.2 Å². The lowest BCUT2D eigenvalue weighted by Gasteiger charge is -2.05. The number of rotatable bonds is 7. The Hall–Kier alpha value is -2.04. The van der Waals surface area contributed by atoms with Crippen LogP contribution in [0.4, 0.5) is 5.69 Å². The highest BCUT2D eigenvalue weighted by Gasteiger charge is 2.04. The zero-order valence-electron chi connectivity index (χ0n) is 11.8. The molecule has 0 unspecified atom stereocenters. The quantitative estimate of drug-likeness (QED) is 0.679. The van der Waals surface area contributed by atoms with Crippen LogP contribution < -0.4 is 11.0 Å². The monoisotopic (exact) mass is 275 g/mol. The highest BCUT2D eigenvalue weighted by atomic mass is 16.1. The molecule has 5 heteroatoms. The first-order valence-electron chi connectivity index (χ1n) is 7.21. The molecule has 108 valence electrons. The lowest BCUT2D eigenvalue weighted by Crippen LogP contribution is -2.10. The second-order valence-corrected chi connectivity index (χ2v) is 5.05. The Morgan fingerprint density at radius 3 is 2.65 bits per heavy atom. The van der Waals surface area contributed by atoms with Gasteiger partial charge in [-0.3, -0.25) is 4.79 Å². The number of unbranched alkanes of at least 4 members (excludes halogenated alkanes) is 4. The number of imidazole rings is 1. The molecule has 1 aromatic carbocycles. The van der Waals surface area contributed by atoms with E-state index < -0.39 is 0 Å². The first-order chi connectivity index (χ1) is 9.69. The normalized spacial score (nSPS) is 10.8. The van der Waals surface area contributed by atoms with E-state index in [1.807, 2.05) is 0 Å². The Morgan fingerprint density at radius 1 is 1.10 bits per heavy atom. The molecule has 0 saturated heterocycles. The Morgan fingerprint density at radius 2 is 1.85 bits per heavy atom. The molecule has 2 rings (SSSR count). The molecule has 3 N–H and O–H groups in total. The van der Waals surface area contributed by atoms with Crippen LogP contribution in [0.1, 0.15) is 45.4 Å². The van der Waals surface area contributed by atoms with Gasteiger partial charge in [-0.25, -0.2) is 4.79 Å². The van der Waals surface area contributed by atoms with Crippen LogP contribution in [-0.4, -0.2) is 15.9 Å². The molecule has 0 atom stereocenters. The van der Waals surface area contributed by atoms with Gasteiger partial charge in [-0.05, 0) is 24.6 Å². The number of fused-ring (bicyclic) bond motifs is 1. The number of nitrogens with one attached hydrogen (secondary N) is 3. The van der Waals surface area contributed by atoms with Crippen molar-refractivity contribution in [3.05, 3.63) is 28.7 Å². The van der Waals surface area contributed by atoms with Gasteiger partial charge in [0.25, 0.3) is 0 Å². The third-order valence-electron chi connectivity index (χ3n) is 3.31. The van der Waals surface area contributed by atoms with Gasteiger partial charge < -0.3 is 15.3 Å². The van der Waals surface area contributed by atoms with Crippen molar-refractivity contribution in [1.29, 1.82) is 0 Å². The van der Waals surface area contributed by atoms with E-state index in [0.717, 1.165) is 18.4 Å². The minimum Gasteiger partial charge on any atom is -0.326 e. The number of carbonyl (C=O) groups excluding carboxylic acids is 1. The van der Waals surface area contributed by atoms with Crippen molar-refractivity contribution in [2.75, 3.05) is 5.32 Å². The molecule has 0 aliphatic carbocycles. The summed E-state index contributed by atoms with van der Waals surface area (Å²) in [5, 5.41) is 2.86. The molecular weight excluding hydrogens is 254 g/mol. The second kappa shape index (κ2) is 6.93. The first kappa shape index (κ1) is 14.4. The fraction of sp³-hybridized carbons (Fsp3) is 0.467. The average Bonchev–Trinajstić information content (AvgIpc) is 2.78. The highest BCUT2D eigenvalue weighted by Crippen LogP contribution is 2.15. The Balaban J connectivity index is 1.84.